The van der Waals surface area contributed by atoms with Crippen LogP contribution in [0.1, 0.15) is 31.7 Å². The zero-order chi connectivity index (χ0) is 14.2. The lowest BCUT2D eigenvalue weighted by Gasteiger charge is -2.38. The van der Waals surface area contributed by atoms with Crippen molar-refractivity contribution in [1.29, 1.82) is 0 Å². The summed E-state index contributed by atoms with van der Waals surface area (Å²) in [4.78, 5) is 4.99. The van der Waals surface area contributed by atoms with Crippen LogP contribution < -0.4 is 0 Å². The van der Waals surface area contributed by atoms with Gasteiger partial charge in [0.25, 0.3) is 0 Å². The second-order valence-corrected chi connectivity index (χ2v) is 5.72. The van der Waals surface area contributed by atoms with Crippen LogP contribution in [0, 0.1) is 0 Å². The van der Waals surface area contributed by atoms with E-state index < -0.39 is 0 Å². The van der Waals surface area contributed by atoms with Crippen LogP contribution in [0.15, 0.2) is 30.3 Å². The van der Waals surface area contributed by atoms with Gasteiger partial charge in [-0.1, -0.05) is 43.7 Å². The summed E-state index contributed by atoms with van der Waals surface area (Å²) in [6.07, 6.45) is 3.94. The fraction of sp³-hybridized carbons (Fsp3) is 0.647. The Labute approximate surface area is 123 Å². The number of nitrogens with zero attached hydrogens (tertiary/aromatic N) is 2. The Morgan fingerprint density at radius 3 is 2.75 bits per heavy atom. The molecular formula is C17H28N2O. The first-order chi connectivity index (χ1) is 9.83. The summed E-state index contributed by atoms with van der Waals surface area (Å²) in [5, 5.41) is 9.14. The van der Waals surface area contributed by atoms with E-state index in [0.717, 1.165) is 26.2 Å². The van der Waals surface area contributed by atoms with Gasteiger partial charge in [-0.2, -0.15) is 0 Å². The third-order valence-corrected chi connectivity index (χ3v) is 4.31. The standard InChI is InChI=1S/C17H28N2O/c1-2-18(12-13-20)15-17-10-6-7-11-19(17)14-16-8-4-3-5-9-16/h3-5,8-9,17,20H,2,6-7,10-15H2,1H3/t17-/m0/s1. The van der Waals surface area contributed by atoms with Crippen LogP contribution in [0.25, 0.3) is 0 Å². The van der Waals surface area contributed by atoms with Gasteiger partial charge in [-0.15, -0.1) is 0 Å². The highest BCUT2D eigenvalue weighted by Gasteiger charge is 2.23. The third kappa shape index (κ3) is 4.58. The van der Waals surface area contributed by atoms with E-state index in [9.17, 15) is 0 Å². The zero-order valence-electron chi connectivity index (χ0n) is 12.7. The SMILES string of the molecule is CCN(CCO)C[C@@H]1CCCCN1Cc1ccccc1. The molecular weight excluding hydrogens is 248 g/mol. The first-order valence-electron chi connectivity index (χ1n) is 7.94. The van der Waals surface area contributed by atoms with Gasteiger partial charge < -0.3 is 5.11 Å². The second-order valence-electron chi connectivity index (χ2n) is 5.72. The number of rotatable bonds is 7. The predicted molar refractivity (Wildman–Crippen MR) is 83.7 cm³/mol. The molecule has 0 amide bonds. The maximum Gasteiger partial charge on any atom is 0.0558 e. The number of aliphatic hydroxyl groups is 1. The van der Waals surface area contributed by atoms with E-state index in [1.165, 1.54) is 31.4 Å². The van der Waals surface area contributed by atoms with Gasteiger partial charge in [0.15, 0.2) is 0 Å². The number of hydrogen-bond donors (Lipinski definition) is 1. The number of likely N-dealkylation sites (tertiary alicyclic amines) is 1. The van der Waals surface area contributed by atoms with Crippen molar-refractivity contribution in [2.75, 3.05) is 32.8 Å². The molecule has 2 rings (SSSR count). The minimum Gasteiger partial charge on any atom is -0.395 e. The molecule has 0 spiro atoms. The first-order valence-corrected chi connectivity index (χ1v) is 7.94. The number of benzene rings is 1. The van der Waals surface area contributed by atoms with Gasteiger partial charge in [0.1, 0.15) is 0 Å². The van der Waals surface area contributed by atoms with Crippen LogP contribution in [-0.4, -0.2) is 53.7 Å². The Morgan fingerprint density at radius 2 is 2.05 bits per heavy atom. The number of likely N-dealkylation sites (N-methyl/N-ethyl adjacent to an activating group) is 1. The van der Waals surface area contributed by atoms with Gasteiger partial charge in [-0.3, -0.25) is 9.80 Å². The number of aliphatic hydroxyl groups excluding tert-OH is 1. The van der Waals surface area contributed by atoms with E-state index in [4.69, 9.17) is 5.11 Å². The minimum absolute atomic E-state index is 0.263. The molecule has 0 radical (unpaired) electrons. The van der Waals surface area contributed by atoms with Crippen LogP contribution >= 0.6 is 0 Å². The Kier molecular flexibility index (Phi) is 6.51. The van der Waals surface area contributed by atoms with Crippen molar-refractivity contribution in [2.45, 2.75) is 38.8 Å². The average Bonchev–Trinajstić information content (AvgIpc) is 2.49. The summed E-state index contributed by atoms with van der Waals surface area (Å²) in [6, 6.07) is 11.4. The van der Waals surface area contributed by atoms with Crippen LogP contribution in [0.2, 0.25) is 0 Å². The summed E-state index contributed by atoms with van der Waals surface area (Å²) in [7, 11) is 0. The minimum atomic E-state index is 0.263. The smallest absolute Gasteiger partial charge is 0.0558 e. The summed E-state index contributed by atoms with van der Waals surface area (Å²) < 4.78 is 0. The second kappa shape index (κ2) is 8.40. The van der Waals surface area contributed by atoms with E-state index in [0.29, 0.717) is 6.04 Å². The van der Waals surface area contributed by atoms with E-state index in [1.807, 2.05) is 0 Å². The van der Waals surface area contributed by atoms with E-state index in [-0.39, 0.29) is 6.61 Å². The van der Waals surface area contributed by atoms with Crippen LogP contribution in [0.3, 0.4) is 0 Å². The lowest BCUT2D eigenvalue weighted by molar-refractivity contribution is 0.0912. The van der Waals surface area contributed by atoms with E-state index in [2.05, 4.69) is 47.1 Å². The van der Waals surface area contributed by atoms with Gasteiger partial charge in [0.2, 0.25) is 0 Å². The number of hydrogen-bond acceptors (Lipinski definition) is 3. The van der Waals surface area contributed by atoms with E-state index in [1.54, 1.807) is 0 Å². The van der Waals surface area contributed by atoms with E-state index >= 15 is 0 Å². The number of piperidine rings is 1. The molecule has 1 aliphatic heterocycles. The molecule has 1 aromatic rings. The average molecular weight is 276 g/mol. The lowest BCUT2D eigenvalue weighted by Crippen LogP contribution is -2.46. The topological polar surface area (TPSA) is 26.7 Å². The highest BCUT2D eigenvalue weighted by Crippen LogP contribution is 2.20. The monoisotopic (exact) mass is 276 g/mol. The molecule has 1 aliphatic rings. The molecule has 1 N–H and O–H groups in total. The molecule has 1 saturated heterocycles. The molecule has 1 heterocycles. The van der Waals surface area contributed by atoms with Gasteiger partial charge >= 0.3 is 0 Å². The maximum absolute atomic E-state index is 9.14. The highest BCUT2D eigenvalue weighted by molar-refractivity contribution is 5.14. The zero-order valence-corrected chi connectivity index (χ0v) is 12.7. The van der Waals surface area contributed by atoms with Gasteiger partial charge in [0.05, 0.1) is 6.61 Å². The largest absolute Gasteiger partial charge is 0.395 e. The fourth-order valence-corrected chi connectivity index (χ4v) is 3.11. The summed E-state index contributed by atoms with van der Waals surface area (Å²) in [5.41, 5.74) is 1.41. The first kappa shape index (κ1) is 15.5. The van der Waals surface area contributed by atoms with Crippen molar-refractivity contribution in [3.05, 3.63) is 35.9 Å². The highest BCUT2D eigenvalue weighted by atomic mass is 16.3. The summed E-state index contributed by atoms with van der Waals surface area (Å²) >= 11 is 0. The van der Waals surface area contributed by atoms with Crippen molar-refractivity contribution < 1.29 is 5.11 Å². The molecule has 1 fully saturated rings. The summed E-state index contributed by atoms with van der Waals surface area (Å²) in [6.45, 7) is 7.62. The summed E-state index contributed by atoms with van der Waals surface area (Å²) in [5.74, 6) is 0. The normalized spacial score (nSPS) is 20.4. The van der Waals surface area contributed by atoms with Gasteiger partial charge in [-0.25, -0.2) is 0 Å². The fourth-order valence-electron chi connectivity index (χ4n) is 3.11. The molecule has 1 aromatic carbocycles. The quantitative estimate of drug-likeness (QED) is 0.828. The van der Waals surface area contributed by atoms with Crippen LogP contribution in [-0.2, 0) is 6.54 Å². The van der Waals surface area contributed by atoms with Crippen molar-refractivity contribution in [1.82, 2.24) is 9.80 Å². The molecule has 1 atom stereocenters. The molecule has 3 nitrogen and oxygen atoms in total. The molecule has 20 heavy (non-hydrogen) atoms. The van der Waals surface area contributed by atoms with Gasteiger partial charge in [-0.05, 0) is 31.5 Å². The molecule has 0 aromatic heterocycles. The molecule has 0 saturated carbocycles. The lowest BCUT2D eigenvalue weighted by atomic mass is 10.0. The maximum atomic E-state index is 9.14. The molecule has 0 aliphatic carbocycles. The Bertz CT molecular complexity index is 369. The van der Waals surface area contributed by atoms with Gasteiger partial charge in [0, 0.05) is 25.7 Å². The van der Waals surface area contributed by atoms with Crippen molar-refractivity contribution in [2.24, 2.45) is 0 Å². The predicted octanol–water partition coefficient (Wildman–Crippen LogP) is 2.36. The van der Waals surface area contributed by atoms with Crippen LogP contribution in [0.5, 0.6) is 0 Å². The third-order valence-electron chi connectivity index (χ3n) is 4.31. The van der Waals surface area contributed by atoms with Crippen molar-refractivity contribution in [3.63, 3.8) is 0 Å². The van der Waals surface area contributed by atoms with Crippen molar-refractivity contribution >= 4 is 0 Å². The Balaban J connectivity index is 1.94. The molecule has 0 unspecified atom stereocenters. The molecule has 0 bridgehead atoms. The Morgan fingerprint density at radius 1 is 1.25 bits per heavy atom. The van der Waals surface area contributed by atoms with Crippen molar-refractivity contribution in [3.8, 4) is 0 Å². The Hall–Kier alpha value is -0.900. The van der Waals surface area contributed by atoms with Crippen LogP contribution in [0.4, 0.5) is 0 Å². The molecule has 112 valence electrons. The molecule has 3 heteroatoms.